The molecule has 0 saturated carbocycles. The van der Waals surface area contributed by atoms with Crippen molar-refractivity contribution >= 4 is 15.9 Å². The molecule has 0 heterocycles. The van der Waals surface area contributed by atoms with Crippen molar-refractivity contribution in [2.24, 2.45) is 0 Å². The van der Waals surface area contributed by atoms with E-state index in [0.717, 1.165) is 27.8 Å². The van der Waals surface area contributed by atoms with Gasteiger partial charge in [0, 0.05) is 10.4 Å². The van der Waals surface area contributed by atoms with Gasteiger partial charge in [0.05, 0.1) is 12.7 Å². The van der Waals surface area contributed by atoms with Gasteiger partial charge in [-0.25, -0.2) is 0 Å². The summed E-state index contributed by atoms with van der Waals surface area (Å²) < 4.78 is 6.37. The van der Waals surface area contributed by atoms with Crippen LogP contribution in [0, 0.1) is 0 Å². The van der Waals surface area contributed by atoms with Crippen molar-refractivity contribution in [1.82, 2.24) is 0 Å². The summed E-state index contributed by atoms with van der Waals surface area (Å²) in [5.74, 6) is 0.897. The number of aliphatic hydroxyl groups excluding tert-OH is 1. The molecule has 0 aliphatic rings. The number of ether oxygens (including phenoxy) is 1. The molecular weight excluding hydrogens is 328 g/mol. The standard InChI is InChI=1S/C18H21BrO2/c1-3-15(13-8-6-5-7-9-13)18(20)16-11-10-14(21-4-2)12-17(16)19/h5-12,15,18,20H,3-4H2,1-2H3. The Bertz CT molecular complexity index is 569. The lowest BCUT2D eigenvalue weighted by molar-refractivity contribution is 0.141. The lowest BCUT2D eigenvalue weighted by Crippen LogP contribution is -2.11. The summed E-state index contributed by atoms with van der Waals surface area (Å²) in [7, 11) is 0. The molecule has 2 unspecified atom stereocenters. The zero-order chi connectivity index (χ0) is 15.2. The Hall–Kier alpha value is -1.32. The predicted molar refractivity (Wildman–Crippen MR) is 89.7 cm³/mol. The van der Waals surface area contributed by atoms with E-state index >= 15 is 0 Å². The molecule has 3 heteroatoms. The Kier molecular flexibility index (Phi) is 5.83. The van der Waals surface area contributed by atoms with Crippen molar-refractivity contribution in [3.05, 3.63) is 64.1 Å². The average molecular weight is 349 g/mol. The SMILES string of the molecule is CCOc1ccc(C(O)C(CC)c2ccccc2)c(Br)c1. The summed E-state index contributed by atoms with van der Waals surface area (Å²) in [6.45, 7) is 4.69. The largest absolute Gasteiger partial charge is 0.494 e. The van der Waals surface area contributed by atoms with Crippen LogP contribution in [0.5, 0.6) is 5.75 Å². The maximum absolute atomic E-state index is 10.8. The van der Waals surface area contributed by atoms with Crippen LogP contribution in [0.15, 0.2) is 53.0 Å². The Labute approximate surface area is 134 Å². The molecule has 2 aromatic rings. The number of hydrogen-bond acceptors (Lipinski definition) is 2. The summed E-state index contributed by atoms with van der Waals surface area (Å²) >= 11 is 3.55. The van der Waals surface area contributed by atoms with E-state index in [4.69, 9.17) is 4.74 Å². The van der Waals surface area contributed by atoms with Crippen molar-refractivity contribution in [2.75, 3.05) is 6.61 Å². The Morgan fingerprint density at radius 3 is 2.38 bits per heavy atom. The fourth-order valence-corrected chi connectivity index (χ4v) is 3.15. The van der Waals surface area contributed by atoms with Gasteiger partial charge in [0.25, 0.3) is 0 Å². The van der Waals surface area contributed by atoms with E-state index in [0.29, 0.717) is 6.61 Å². The van der Waals surface area contributed by atoms with Gasteiger partial charge in [-0.05, 0) is 36.6 Å². The van der Waals surface area contributed by atoms with E-state index in [9.17, 15) is 5.11 Å². The van der Waals surface area contributed by atoms with Crippen LogP contribution in [0.25, 0.3) is 0 Å². The summed E-state index contributed by atoms with van der Waals surface area (Å²) in [6, 6.07) is 15.9. The molecule has 1 N–H and O–H groups in total. The second-order valence-electron chi connectivity index (χ2n) is 4.99. The van der Waals surface area contributed by atoms with Gasteiger partial charge in [0.15, 0.2) is 0 Å². The monoisotopic (exact) mass is 348 g/mol. The van der Waals surface area contributed by atoms with Gasteiger partial charge < -0.3 is 9.84 Å². The van der Waals surface area contributed by atoms with Crippen molar-refractivity contribution in [3.8, 4) is 5.75 Å². The smallest absolute Gasteiger partial charge is 0.120 e. The first-order valence-electron chi connectivity index (χ1n) is 7.32. The molecule has 2 rings (SSSR count). The number of rotatable bonds is 6. The van der Waals surface area contributed by atoms with Crippen LogP contribution in [0.2, 0.25) is 0 Å². The molecule has 0 saturated heterocycles. The second-order valence-corrected chi connectivity index (χ2v) is 5.84. The highest BCUT2D eigenvalue weighted by atomic mass is 79.9. The van der Waals surface area contributed by atoms with Crippen molar-refractivity contribution in [2.45, 2.75) is 32.3 Å². The normalized spacial score (nSPS) is 13.7. The van der Waals surface area contributed by atoms with Crippen LogP contribution in [-0.2, 0) is 0 Å². The topological polar surface area (TPSA) is 29.5 Å². The third-order valence-corrected chi connectivity index (χ3v) is 4.34. The van der Waals surface area contributed by atoms with Crippen molar-refractivity contribution in [3.63, 3.8) is 0 Å². The Morgan fingerprint density at radius 2 is 1.81 bits per heavy atom. The molecule has 0 bridgehead atoms. The lowest BCUT2D eigenvalue weighted by atomic mass is 9.87. The third-order valence-electron chi connectivity index (χ3n) is 3.65. The van der Waals surface area contributed by atoms with E-state index in [1.54, 1.807) is 0 Å². The summed E-state index contributed by atoms with van der Waals surface area (Å²) in [5, 5.41) is 10.8. The summed E-state index contributed by atoms with van der Waals surface area (Å²) in [4.78, 5) is 0. The van der Waals surface area contributed by atoms with Gasteiger partial charge in [-0.3, -0.25) is 0 Å². The van der Waals surface area contributed by atoms with E-state index in [1.807, 2.05) is 43.3 Å². The number of halogens is 1. The molecule has 0 aliphatic heterocycles. The van der Waals surface area contributed by atoms with Crippen molar-refractivity contribution in [1.29, 1.82) is 0 Å². The highest BCUT2D eigenvalue weighted by Crippen LogP contribution is 2.37. The quantitative estimate of drug-likeness (QED) is 0.789. The first-order chi connectivity index (χ1) is 10.2. The number of benzene rings is 2. The van der Waals surface area contributed by atoms with Gasteiger partial charge in [-0.15, -0.1) is 0 Å². The zero-order valence-corrected chi connectivity index (χ0v) is 14.0. The van der Waals surface area contributed by atoms with Crippen LogP contribution >= 0.6 is 15.9 Å². The van der Waals surface area contributed by atoms with Crippen LogP contribution in [-0.4, -0.2) is 11.7 Å². The molecular formula is C18H21BrO2. The predicted octanol–water partition coefficient (Wildman–Crippen LogP) is 5.08. The van der Waals surface area contributed by atoms with Crippen LogP contribution in [0.1, 0.15) is 43.4 Å². The maximum atomic E-state index is 10.8. The molecule has 2 aromatic carbocycles. The molecule has 0 aromatic heterocycles. The lowest BCUT2D eigenvalue weighted by Gasteiger charge is -2.23. The van der Waals surface area contributed by atoms with Gasteiger partial charge in [0.2, 0.25) is 0 Å². The third kappa shape index (κ3) is 3.86. The number of hydrogen-bond donors (Lipinski definition) is 1. The maximum Gasteiger partial charge on any atom is 0.120 e. The molecule has 2 atom stereocenters. The molecule has 0 fully saturated rings. The molecule has 112 valence electrons. The van der Waals surface area contributed by atoms with Crippen molar-refractivity contribution < 1.29 is 9.84 Å². The summed E-state index contributed by atoms with van der Waals surface area (Å²) in [6.07, 6.45) is 0.340. The first kappa shape index (κ1) is 16.1. The minimum Gasteiger partial charge on any atom is -0.494 e. The van der Waals surface area contributed by atoms with Gasteiger partial charge in [-0.2, -0.15) is 0 Å². The molecule has 0 spiro atoms. The van der Waals surface area contributed by atoms with Crippen LogP contribution in [0.3, 0.4) is 0 Å². The highest BCUT2D eigenvalue weighted by Gasteiger charge is 2.23. The first-order valence-corrected chi connectivity index (χ1v) is 8.11. The van der Waals surface area contributed by atoms with Gasteiger partial charge in [0.1, 0.15) is 5.75 Å². The highest BCUT2D eigenvalue weighted by molar-refractivity contribution is 9.10. The molecule has 0 aliphatic carbocycles. The fraction of sp³-hybridized carbons (Fsp3) is 0.333. The molecule has 0 amide bonds. The van der Waals surface area contributed by atoms with E-state index in [1.165, 1.54) is 0 Å². The van der Waals surface area contributed by atoms with Gasteiger partial charge >= 0.3 is 0 Å². The summed E-state index contributed by atoms with van der Waals surface area (Å²) in [5.41, 5.74) is 2.06. The minimum absolute atomic E-state index is 0.0837. The fourth-order valence-electron chi connectivity index (χ4n) is 2.56. The van der Waals surface area contributed by atoms with E-state index in [2.05, 4.69) is 35.0 Å². The minimum atomic E-state index is -0.539. The average Bonchev–Trinajstić information content (AvgIpc) is 2.49. The van der Waals surface area contributed by atoms with E-state index < -0.39 is 6.10 Å². The second kappa shape index (κ2) is 7.62. The van der Waals surface area contributed by atoms with Gasteiger partial charge in [-0.1, -0.05) is 59.3 Å². The Morgan fingerprint density at radius 1 is 1.10 bits per heavy atom. The van der Waals surface area contributed by atoms with E-state index in [-0.39, 0.29) is 5.92 Å². The van der Waals surface area contributed by atoms with Crippen LogP contribution < -0.4 is 4.74 Å². The molecule has 21 heavy (non-hydrogen) atoms. The molecule has 0 radical (unpaired) electrons. The Balaban J connectivity index is 2.27. The molecule has 2 nitrogen and oxygen atoms in total. The van der Waals surface area contributed by atoms with Crippen LogP contribution in [0.4, 0.5) is 0 Å². The number of aliphatic hydroxyl groups is 1. The zero-order valence-electron chi connectivity index (χ0n) is 12.4.